The van der Waals surface area contributed by atoms with Gasteiger partial charge in [-0.2, -0.15) is 0 Å². The third kappa shape index (κ3) is 24.6. The number of primary amides is 2. The molecule has 37 nitrogen and oxygen atoms in total. The summed E-state index contributed by atoms with van der Waals surface area (Å²) in [6.45, 7) is 16.9. The Morgan fingerprint density at radius 2 is 1.24 bits per heavy atom. The van der Waals surface area contributed by atoms with Gasteiger partial charge in [0.05, 0.1) is 32.5 Å². The van der Waals surface area contributed by atoms with E-state index in [1.165, 1.54) is 18.1 Å². The first-order valence-electron chi connectivity index (χ1n) is 33.0. The fourth-order valence-corrected chi connectivity index (χ4v) is 12.5. The van der Waals surface area contributed by atoms with Gasteiger partial charge in [0.1, 0.15) is 90.9 Å². The van der Waals surface area contributed by atoms with Crippen LogP contribution in [0.25, 0.3) is 0 Å². The van der Waals surface area contributed by atoms with Crippen molar-refractivity contribution < 1.29 is 161 Å². The summed E-state index contributed by atoms with van der Waals surface area (Å²) in [4.78, 5) is 87.5. The molecule has 0 aromatic heterocycles. The molecule has 0 bridgehead atoms. The van der Waals surface area contributed by atoms with Gasteiger partial charge in [0.15, 0.2) is 62.0 Å². The van der Waals surface area contributed by atoms with Crippen LogP contribution in [0.5, 0.6) is 0 Å². The van der Waals surface area contributed by atoms with Crippen LogP contribution in [-0.2, 0) is 89.7 Å². The van der Waals surface area contributed by atoms with E-state index in [0.29, 0.717) is 12.8 Å². The SMILES string of the molecule is C=C(C/C=C(\C)CCC=C(C)C)CCC(C)(C)/C=C/CC/C(C)=C\COC(COP(=O)(O)OC1OC(C(N)=O)C(C)(O)C(OC(N)=O)C1OC1OC(CO[C@@H]2O[C@H](CO)[C@@H](O)[C@H](O)[C@H]2O)C(OC2OC(C)C(OC3OC(C(=O)O)C(O)C(O)C3O)C(O)C2NC(C)=O)C(O)C1NC(C)=O)C(=O)O. The van der Waals surface area contributed by atoms with Crippen LogP contribution in [-0.4, -0.2) is 287 Å². The van der Waals surface area contributed by atoms with E-state index in [4.69, 9.17) is 72.6 Å². The number of rotatable bonds is 36. The second-order valence-corrected chi connectivity index (χ2v) is 28.4. The largest absolute Gasteiger partial charge is 0.479 e. The number of allylic oxidation sites excluding steroid dienone is 8. The van der Waals surface area contributed by atoms with Gasteiger partial charge in [0.2, 0.25) is 17.7 Å². The second-order valence-electron chi connectivity index (χ2n) is 27.0. The summed E-state index contributed by atoms with van der Waals surface area (Å²) in [5.74, 6) is -6.94. The van der Waals surface area contributed by atoms with Crippen LogP contribution in [0.3, 0.4) is 0 Å². The zero-order valence-electron chi connectivity index (χ0n) is 58.4. The topological polar surface area (TPSA) is 579 Å². The summed E-state index contributed by atoms with van der Waals surface area (Å²) in [5, 5.41) is 135. The number of ether oxygens (including phenoxy) is 11. The first kappa shape index (κ1) is 87.3. The van der Waals surface area contributed by atoms with Gasteiger partial charge in [-0.3, -0.25) is 23.4 Å². The van der Waals surface area contributed by atoms with Crippen LogP contribution in [0, 0.1) is 5.41 Å². The molecule has 4 amide bonds. The minimum atomic E-state index is -5.83. The number of carbonyl (C=O) groups is 6. The van der Waals surface area contributed by atoms with Gasteiger partial charge in [0.25, 0.3) is 0 Å². The average molecular weight is 1490 g/mol. The van der Waals surface area contributed by atoms with Gasteiger partial charge in [-0.15, -0.1) is 0 Å². The highest BCUT2D eigenvalue weighted by molar-refractivity contribution is 7.47. The van der Waals surface area contributed by atoms with Gasteiger partial charge in [-0.05, 0) is 91.9 Å². The number of aliphatic hydroxyl groups excluding tert-OH is 9. The minimum absolute atomic E-state index is 0.140. The maximum atomic E-state index is 14.0. The molecule has 22 unspecified atom stereocenters. The van der Waals surface area contributed by atoms with Crippen LogP contribution in [0.15, 0.2) is 59.3 Å². The number of aliphatic hydroxyl groups is 10. The van der Waals surface area contributed by atoms with E-state index in [-0.39, 0.29) is 12.0 Å². The second kappa shape index (κ2) is 38.8. The maximum Gasteiger partial charge on any atom is 0.474 e. The summed E-state index contributed by atoms with van der Waals surface area (Å²) < 4.78 is 88.0. The van der Waals surface area contributed by atoms with Crippen LogP contribution >= 0.6 is 7.82 Å². The number of carbonyl (C=O) groups excluding carboxylic acids is 4. The molecule has 0 aromatic rings. The number of aliphatic carboxylic acids is 2. The minimum Gasteiger partial charge on any atom is -0.479 e. The van der Waals surface area contributed by atoms with Crippen LogP contribution < -0.4 is 22.1 Å². The molecule has 0 saturated carbocycles. The van der Waals surface area contributed by atoms with E-state index in [0.717, 1.165) is 64.0 Å². The molecular weight excluding hydrogens is 1380 g/mol. The normalized spacial score (nSPS) is 36.4. The molecule has 5 rings (SSSR count). The van der Waals surface area contributed by atoms with E-state index < -0.39 is 222 Å². The predicted molar refractivity (Wildman–Crippen MR) is 347 cm³/mol. The summed E-state index contributed by atoms with van der Waals surface area (Å²) >= 11 is 0. The molecule has 0 aliphatic carbocycles. The lowest BCUT2D eigenvalue weighted by atomic mass is 9.85. The van der Waals surface area contributed by atoms with E-state index in [9.17, 15) is 99.5 Å². The highest BCUT2D eigenvalue weighted by atomic mass is 31.2. The van der Waals surface area contributed by atoms with Crippen LogP contribution in [0.2, 0.25) is 0 Å². The zero-order valence-corrected chi connectivity index (χ0v) is 59.3. The van der Waals surface area contributed by atoms with Crippen molar-refractivity contribution in [3.05, 3.63) is 59.3 Å². The molecule has 19 N–H and O–H groups in total. The van der Waals surface area contributed by atoms with E-state index in [2.05, 4.69) is 70.1 Å². The molecule has 5 fully saturated rings. The Morgan fingerprint density at radius 1 is 0.676 bits per heavy atom. The molecule has 5 heterocycles. The molecule has 0 radical (unpaired) electrons. The van der Waals surface area contributed by atoms with Crippen molar-refractivity contribution in [2.75, 3.05) is 26.4 Å². The summed E-state index contributed by atoms with van der Waals surface area (Å²) in [6, 6.07) is -3.94. The number of carboxylic acid groups (broad SMARTS) is 2. The smallest absolute Gasteiger partial charge is 0.474 e. The number of hydrogen-bond donors (Lipinski definition) is 17. The van der Waals surface area contributed by atoms with Gasteiger partial charge in [0, 0.05) is 13.8 Å². The number of phosphoric acid groups is 1. The maximum absolute atomic E-state index is 14.0. The number of carboxylic acids is 2. The highest BCUT2D eigenvalue weighted by Gasteiger charge is 2.62. The molecule has 27 atom stereocenters. The Kier molecular flexibility index (Phi) is 33.2. The molecular formula is C64H103N4O33P. The number of hydrogen-bond acceptors (Lipinski definition) is 30. The molecule has 582 valence electrons. The molecule has 0 spiro atoms. The lowest BCUT2D eigenvalue weighted by Crippen LogP contribution is -2.72. The Bertz CT molecular complexity index is 3000. The van der Waals surface area contributed by atoms with Gasteiger partial charge < -0.3 is 140 Å². The predicted octanol–water partition coefficient (Wildman–Crippen LogP) is -2.19. The summed E-state index contributed by atoms with van der Waals surface area (Å²) in [6.07, 6.45) is -34.5. The molecule has 38 heteroatoms. The van der Waals surface area contributed by atoms with Crippen molar-refractivity contribution in [1.82, 2.24) is 10.6 Å². The molecule has 5 aliphatic heterocycles. The first-order valence-corrected chi connectivity index (χ1v) is 34.4. The molecule has 5 saturated heterocycles. The lowest BCUT2D eigenvalue weighted by Gasteiger charge is -2.52. The fourth-order valence-electron chi connectivity index (χ4n) is 11.7. The Balaban J connectivity index is 1.41. The summed E-state index contributed by atoms with van der Waals surface area (Å²) in [5.41, 5.74) is 12.5. The van der Waals surface area contributed by atoms with Gasteiger partial charge in [-0.25, -0.2) is 18.9 Å². The number of nitrogens with one attached hydrogen (secondary N) is 2. The number of nitrogens with two attached hydrogens (primary N) is 2. The quantitative estimate of drug-likeness (QED) is 0.0234. The van der Waals surface area contributed by atoms with Crippen molar-refractivity contribution in [2.24, 2.45) is 16.9 Å². The Labute approximate surface area is 588 Å². The van der Waals surface area contributed by atoms with Crippen LogP contribution in [0.4, 0.5) is 4.79 Å². The lowest BCUT2D eigenvalue weighted by molar-refractivity contribution is -0.375. The highest BCUT2D eigenvalue weighted by Crippen LogP contribution is 2.49. The zero-order chi connectivity index (χ0) is 76.6. The van der Waals surface area contributed by atoms with Crippen LogP contribution in [0.1, 0.15) is 114 Å². The number of phosphoric ester groups is 1. The van der Waals surface area contributed by atoms with Gasteiger partial charge in [-0.1, -0.05) is 73.1 Å². The molecule has 5 aliphatic rings. The van der Waals surface area contributed by atoms with E-state index >= 15 is 0 Å². The average Bonchev–Trinajstić information content (AvgIpc) is 0.750. The third-order valence-corrected chi connectivity index (χ3v) is 18.4. The van der Waals surface area contributed by atoms with Crippen molar-refractivity contribution in [1.29, 1.82) is 0 Å². The third-order valence-electron chi connectivity index (χ3n) is 17.5. The standard InChI is InChI=1S/C64H103N4O33P/c1-28(2)15-14-17-29(3)18-19-31(5)20-23-63(9,10)22-13-12-16-30(4)21-24-89-37(55(81)82)27-91-102(87,88)101-61-51(52(100-62(66)85)64(11,86)53(99-61)54(65)80)98-58-39(68-34(8)71)42(74)49(36(94-58)26-90-59-46(78)43(75)40(72)35(25-69)93-59)96-57-38(67-33(7)70)41(73)48(32(6)92-57)95-60-47(79)44(76)45(77)50(97-60)56(83)84/h13,15,18,21-22,32,35-53,57-61,69,72-79,86H,5,12,14,16-17,19-20,23-27H2,1-4,6-11H3,(H2,65,80)(H2,66,85)(H,67,70)(H,68,71)(H,81,82)(H,83,84)(H,87,88)/b22-13+,29-18+,30-21-/t32?,35-,36?,37?,38?,39?,40-,41?,42?,43+,44?,45?,46-,47?,48?,49?,50?,51?,52?,53?,57?,58?,59-,60?,61?,64?/m1/s1. The molecule has 102 heavy (non-hydrogen) atoms. The van der Waals surface area contributed by atoms with Crippen molar-refractivity contribution >= 4 is 43.6 Å². The van der Waals surface area contributed by atoms with Crippen molar-refractivity contribution in [3.8, 4) is 0 Å². The van der Waals surface area contributed by atoms with Crippen molar-refractivity contribution in [2.45, 2.75) is 273 Å². The van der Waals surface area contributed by atoms with E-state index in [1.807, 2.05) is 6.08 Å². The van der Waals surface area contributed by atoms with Crippen molar-refractivity contribution in [3.63, 3.8) is 0 Å². The molecule has 0 aromatic carbocycles. The fraction of sp³-hybridized carbons (Fsp3) is 0.750. The Hall–Kier alpha value is -5.37. The Morgan fingerprint density at radius 3 is 1.81 bits per heavy atom. The van der Waals surface area contributed by atoms with Gasteiger partial charge >= 0.3 is 25.9 Å². The first-order chi connectivity index (χ1) is 47.5. The number of amides is 4. The monoisotopic (exact) mass is 1490 g/mol. The van der Waals surface area contributed by atoms with E-state index in [1.54, 1.807) is 13.0 Å². The summed E-state index contributed by atoms with van der Waals surface area (Å²) in [7, 11) is -5.83.